The van der Waals surface area contributed by atoms with Crippen LogP contribution in [-0.2, 0) is 0 Å². The molecule has 1 aromatic carbocycles. The Morgan fingerprint density at radius 2 is 2.30 bits per heavy atom. The number of hydrogen-bond acceptors (Lipinski definition) is 3. The number of guanidine groups is 1. The Bertz CT molecular complexity index is 483. The number of benzene rings is 1. The van der Waals surface area contributed by atoms with Crippen molar-refractivity contribution in [3.8, 4) is 5.75 Å². The molecular formula is C13H20ClIN4O. The zero-order valence-electron chi connectivity index (χ0n) is 11.6. The highest BCUT2D eigenvalue weighted by Gasteiger charge is 2.25. The number of hydrogen-bond donors (Lipinski definition) is 2. The molecule has 1 aliphatic rings. The first-order chi connectivity index (χ1) is 9.13. The molecule has 1 heterocycles. The van der Waals surface area contributed by atoms with Crippen molar-refractivity contribution in [1.82, 2.24) is 5.32 Å². The van der Waals surface area contributed by atoms with Crippen molar-refractivity contribution in [1.29, 1.82) is 0 Å². The van der Waals surface area contributed by atoms with Crippen molar-refractivity contribution in [3.05, 3.63) is 23.2 Å². The molecule has 1 unspecified atom stereocenters. The van der Waals surface area contributed by atoms with E-state index in [0.717, 1.165) is 30.9 Å². The maximum atomic E-state index is 6.06. The first-order valence-electron chi connectivity index (χ1n) is 6.21. The highest BCUT2D eigenvalue weighted by Crippen LogP contribution is 2.33. The molecule has 20 heavy (non-hydrogen) atoms. The van der Waals surface area contributed by atoms with Crippen LogP contribution < -0.4 is 20.7 Å². The average molecular weight is 411 g/mol. The van der Waals surface area contributed by atoms with E-state index in [2.05, 4.69) is 15.2 Å². The summed E-state index contributed by atoms with van der Waals surface area (Å²) in [7, 11) is 3.34. The van der Waals surface area contributed by atoms with Crippen molar-refractivity contribution in [2.75, 3.05) is 32.1 Å². The first kappa shape index (κ1) is 17.2. The second-order valence-corrected chi connectivity index (χ2v) is 4.94. The van der Waals surface area contributed by atoms with E-state index >= 15 is 0 Å². The lowest BCUT2D eigenvalue weighted by atomic mass is 10.2. The Morgan fingerprint density at radius 1 is 1.55 bits per heavy atom. The smallest absolute Gasteiger partial charge is 0.188 e. The molecule has 3 N–H and O–H groups in total. The molecule has 5 nitrogen and oxygen atoms in total. The van der Waals surface area contributed by atoms with Gasteiger partial charge in [-0.1, -0.05) is 11.6 Å². The topological polar surface area (TPSA) is 62.9 Å². The van der Waals surface area contributed by atoms with Crippen LogP contribution in [0, 0.1) is 0 Å². The van der Waals surface area contributed by atoms with Crippen LogP contribution in [0.4, 0.5) is 5.69 Å². The van der Waals surface area contributed by atoms with Crippen LogP contribution in [0.1, 0.15) is 6.42 Å². The third-order valence-electron chi connectivity index (χ3n) is 3.26. The van der Waals surface area contributed by atoms with Crippen LogP contribution in [0.5, 0.6) is 5.75 Å². The molecule has 7 heteroatoms. The van der Waals surface area contributed by atoms with Crippen LogP contribution in [0.25, 0.3) is 0 Å². The van der Waals surface area contributed by atoms with Crippen LogP contribution in [-0.4, -0.2) is 39.2 Å². The second kappa shape index (κ2) is 7.78. The van der Waals surface area contributed by atoms with Gasteiger partial charge in [0, 0.05) is 31.2 Å². The lowest BCUT2D eigenvalue weighted by molar-refractivity contribution is 0.415. The van der Waals surface area contributed by atoms with Gasteiger partial charge < -0.3 is 20.7 Å². The van der Waals surface area contributed by atoms with Gasteiger partial charge in [0.1, 0.15) is 5.75 Å². The first-order valence-corrected chi connectivity index (χ1v) is 6.59. The van der Waals surface area contributed by atoms with Gasteiger partial charge in [-0.25, -0.2) is 0 Å². The van der Waals surface area contributed by atoms with Crippen LogP contribution in [0.2, 0.25) is 5.02 Å². The molecule has 0 radical (unpaired) electrons. The molecule has 0 spiro atoms. The summed E-state index contributed by atoms with van der Waals surface area (Å²) < 4.78 is 5.38. The lowest BCUT2D eigenvalue weighted by Crippen LogP contribution is -2.41. The zero-order chi connectivity index (χ0) is 13.8. The Hall–Kier alpha value is -0.890. The molecular weight excluding hydrogens is 391 g/mol. The standard InChI is InChI=1S/C13H19ClN4O.HI/c1-16-13(15)17-10-5-6-18(8-10)11-7-9(14)3-4-12(11)19-2;/h3-4,7,10H,5-6,8H2,1-2H3,(H3,15,16,17);1H. The van der Waals surface area contributed by atoms with Crippen molar-refractivity contribution >= 4 is 47.2 Å². The fourth-order valence-electron chi connectivity index (χ4n) is 2.28. The number of anilines is 1. The minimum atomic E-state index is 0. The number of methoxy groups -OCH3 is 1. The number of ether oxygens (including phenoxy) is 1. The summed E-state index contributed by atoms with van der Waals surface area (Å²) in [6.07, 6.45) is 1.01. The third kappa shape index (κ3) is 4.05. The van der Waals surface area contributed by atoms with Crippen molar-refractivity contribution < 1.29 is 4.74 Å². The Labute approximate surface area is 141 Å². The summed E-state index contributed by atoms with van der Waals surface area (Å²) in [5.74, 6) is 1.31. The maximum absolute atomic E-state index is 6.06. The van der Waals surface area contributed by atoms with Gasteiger partial charge >= 0.3 is 0 Å². The Balaban J connectivity index is 0.00000200. The highest BCUT2D eigenvalue weighted by atomic mass is 127. The number of nitrogens with zero attached hydrogens (tertiary/aromatic N) is 2. The number of aliphatic imine (C=N–C) groups is 1. The van der Waals surface area contributed by atoms with E-state index < -0.39 is 0 Å². The van der Waals surface area contributed by atoms with Crippen LogP contribution >= 0.6 is 35.6 Å². The summed E-state index contributed by atoms with van der Waals surface area (Å²) in [5.41, 5.74) is 6.71. The molecule has 2 rings (SSSR count). The van der Waals surface area contributed by atoms with Gasteiger partial charge in [0.25, 0.3) is 0 Å². The van der Waals surface area contributed by atoms with E-state index in [9.17, 15) is 0 Å². The van der Waals surface area contributed by atoms with E-state index in [1.54, 1.807) is 14.2 Å². The quantitative estimate of drug-likeness (QED) is 0.455. The molecule has 0 saturated carbocycles. The molecule has 0 amide bonds. The summed E-state index contributed by atoms with van der Waals surface area (Å²) >= 11 is 6.06. The average Bonchev–Trinajstić information content (AvgIpc) is 2.86. The number of rotatable bonds is 3. The lowest BCUT2D eigenvalue weighted by Gasteiger charge is -2.21. The SMILES string of the molecule is CN=C(N)NC1CCN(c2cc(Cl)ccc2OC)C1.I. The predicted octanol–water partition coefficient (Wildman–Crippen LogP) is 2.08. The molecule has 0 aromatic heterocycles. The van der Waals surface area contributed by atoms with Crippen molar-refractivity contribution in [2.45, 2.75) is 12.5 Å². The molecule has 1 saturated heterocycles. The molecule has 0 aliphatic carbocycles. The summed E-state index contributed by atoms with van der Waals surface area (Å²) in [6.45, 7) is 1.79. The third-order valence-corrected chi connectivity index (χ3v) is 3.50. The predicted molar refractivity (Wildman–Crippen MR) is 94.7 cm³/mol. The molecule has 1 fully saturated rings. The van der Waals surface area contributed by atoms with E-state index in [1.165, 1.54) is 0 Å². The summed E-state index contributed by atoms with van der Waals surface area (Å²) in [4.78, 5) is 6.16. The van der Waals surface area contributed by atoms with E-state index in [4.69, 9.17) is 22.1 Å². The molecule has 1 aromatic rings. The highest BCUT2D eigenvalue weighted by molar-refractivity contribution is 14.0. The van der Waals surface area contributed by atoms with E-state index in [-0.39, 0.29) is 24.0 Å². The van der Waals surface area contributed by atoms with Gasteiger partial charge in [0.15, 0.2) is 5.96 Å². The number of halogens is 2. The van der Waals surface area contributed by atoms with E-state index in [1.807, 2.05) is 18.2 Å². The van der Waals surface area contributed by atoms with Crippen molar-refractivity contribution in [3.63, 3.8) is 0 Å². The van der Waals surface area contributed by atoms with Gasteiger partial charge in [0.2, 0.25) is 0 Å². The van der Waals surface area contributed by atoms with Gasteiger partial charge in [-0.15, -0.1) is 24.0 Å². The normalized spacial score (nSPS) is 18.6. The Morgan fingerprint density at radius 3 is 2.95 bits per heavy atom. The van der Waals surface area contributed by atoms with Gasteiger partial charge in [-0.3, -0.25) is 4.99 Å². The van der Waals surface area contributed by atoms with Gasteiger partial charge in [0.05, 0.1) is 12.8 Å². The minimum Gasteiger partial charge on any atom is -0.495 e. The van der Waals surface area contributed by atoms with E-state index in [0.29, 0.717) is 17.0 Å². The molecule has 1 atom stereocenters. The minimum absolute atomic E-state index is 0. The zero-order valence-corrected chi connectivity index (χ0v) is 14.7. The maximum Gasteiger partial charge on any atom is 0.188 e. The monoisotopic (exact) mass is 410 g/mol. The molecule has 112 valence electrons. The second-order valence-electron chi connectivity index (χ2n) is 4.50. The van der Waals surface area contributed by atoms with Gasteiger partial charge in [-0.05, 0) is 24.6 Å². The fourth-order valence-corrected chi connectivity index (χ4v) is 2.45. The van der Waals surface area contributed by atoms with Crippen molar-refractivity contribution in [2.24, 2.45) is 10.7 Å². The summed E-state index contributed by atoms with van der Waals surface area (Å²) in [6, 6.07) is 5.95. The number of nitrogens with one attached hydrogen (secondary N) is 1. The van der Waals surface area contributed by atoms with Gasteiger partial charge in [-0.2, -0.15) is 0 Å². The van der Waals surface area contributed by atoms with Crippen LogP contribution in [0.3, 0.4) is 0 Å². The molecule has 0 bridgehead atoms. The molecule has 1 aliphatic heterocycles. The largest absolute Gasteiger partial charge is 0.495 e. The fraction of sp³-hybridized carbons (Fsp3) is 0.462. The van der Waals surface area contributed by atoms with Crippen LogP contribution in [0.15, 0.2) is 23.2 Å². The Kier molecular flexibility index (Phi) is 6.67. The summed E-state index contributed by atoms with van der Waals surface area (Å²) in [5, 5.41) is 3.90. The number of nitrogens with two attached hydrogens (primary N) is 1.